The van der Waals surface area contributed by atoms with Crippen LogP contribution in [-0.4, -0.2) is 22.4 Å². The summed E-state index contributed by atoms with van der Waals surface area (Å²) in [6.45, 7) is 2.21. The number of hydrogen-bond donors (Lipinski definition) is 2. The summed E-state index contributed by atoms with van der Waals surface area (Å²) in [4.78, 5) is 14.3. The zero-order valence-electron chi connectivity index (χ0n) is 13.0. The molecule has 2 N–H and O–H groups in total. The molecule has 120 valence electrons. The summed E-state index contributed by atoms with van der Waals surface area (Å²) in [5, 5.41) is 17.9. The molecule has 0 spiro atoms. The molecule has 0 saturated heterocycles. The Morgan fingerprint density at radius 1 is 0.900 bits per heavy atom. The van der Waals surface area contributed by atoms with E-state index in [4.69, 9.17) is 5.26 Å². The van der Waals surface area contributed by atoms with Crippen LogP contribution in [0.25, 0.3) is 0 Å². The van der Waals surface area contributed by atoms with Gasteiger partial charge in [-0.2, -0.15) is 5.26 Å². The highest BCUT2D eigenvalue weighted by atomic mass is 17.1. The summed E-state index contributed by atoms with van der Waals surface area (Å²) >= 11 is 0. The second-order valence-electron chi connectivity index (χ2n) is 5.63. The van der Waals surface area contributed by atoms with Crippen molar-refractivity contribution in [3.63, 3.8) is 0 Å². The van der Waals surface area contributed by atoms with Gasteiger partial charge in [0.25, 0.3) is 0 Å². The van der Waals surface area contributed by atoms with Crippen molar-refractivity contribution in [3.05, 3.63) is 0 Å². The Hall–Kier alpha value is -0.610. The van der Waals surface area contributed by atoms with Crippen molar-refractivity contribution in [3.8, 4) is 0 Å². The van der Waals surface area contributed by atoms with Gasteiger partial charge in [0, 0.05) is 6.42 Å². The molecule has 0 aliphatic heterocycles. The Morgan fingerprint density at radius 3 is 1.95 bits per heavy atom. The maximum absolute atomic E-state index is 10.7. The minimum Gasteiger partial charge on any atom is -0.393 e. The number of unbranched alkanes of at least 4 members (excludes halogenated alkanes) is 8. The van der Waals surface area contributed by atoms with Crippen molar-refractivity contribution in [2.45, 2.75) is 96.5 Å². The Kier molecular flexibility index (Phi) is 14.3. The molecule has 20 heavy (non-hydrogen) atoms. The van der Waals surface area contributed by atoms with Crippen molar-refractivity contribution in [1.29, 1.82) is 0 Å². The molecular weight excluding hydrogens is 256 g/mol. The molecule has 0 aliphatic carbocycles. The topological polar surface area (TPSA) is 66.8 Å². The van der Waals surface area contributed by atoms with Gasteiger partial charge in [0.2, 0.25) is 0 Å². The molecule has 0 heterocycles. The lowest BCUT2D eigenvalue weighted by molar-refractivity contribution is -0.234. The van der Waals surface area contributed by atoms with Crippen LogP contribution in [0.4, 0.5) is 0 Å². The van der Waals surface area contributed by atoms with Gasteiger partial charge in [-0.05, 0) is 19.3 Å². The van der Waals surface area contributed by atoms with E-state index in [1.54, 1.807) is 0 Å². The first kappa shape index (κ1) is 19.4. The van der Waals surface area contributed by atoms with E-state index >= 15 is 0 Å². The summed E-state index contributed by atoms with van der Waals surface area (Å²) in [6, 6.07) is 0. The molecule has 1 atom stereocenters. The maximum Gasteiger partial charge on any atom is 0.342 e. The normalized spacial score (nSPS) is 12.3. The van der Waals surface area contributed by atoms with Gasteiger partial charge in [0.05, 0.1) is 6.10 Å². The van der Waals surface area contributed by atoms with Crippen LogP contribution in [0.15, 0.2) is 0 Å². The van der Waals surface area contributed by atoms with Crippen molar-refractivity contribution in [2.24, 2.45) is 0 Å². The quantitative estimate of drug-likeness (QED) is 0.281. The average Bonchev–Trinajstić information content (AvgIpc) is 2.45. The summed E-state index contributed by atoms with van der Waals surface area (Å²) in [5.41, 5.74) is 0. The summed E-state index contributed by atoms with van der Waals surface area (Å²) in [7, 11) is 0. The van der Waals surface area contributed by atoms with E-state index < -0.39 is 5.97 Å². The van der Waals surface area contributed by atoms with Gasteiger partial charge in [0.15, 0.2) is 0 Å². The number of aliphatic hydroxyl groups is 1. The zero-order chi connectivity index (χ0) is 15.1. The predicted molar refractivity (Wildman–Crippen MR) is 80.4 cm³/mol. The molecule has 4 heteroatoms. The van der Waals surface area contributed by atoms with Crippen LogP contribution in [0.1, 0.15) is 90.4 Å². The first-order chi connectivity index (χ1) is 9.70. The van der Waals surface area contributed by atoms with Crippen molar-refractivity contribution >= 4 is 5.97 Å². The highest BCUT2D eigenvalue weighted by molar-refractivity contribution is 5.68. The van der Waals surface area contributed by atoms with E-state index in [9.17, 15) is 9.90 Å². The van der Waals surface area contributed by atoms with E-state index in [1.165, 1.54) is 25.7 Å². The molecule has 0 saturated carbocycles. The molecule has 4 nitrogen and oxygen atoms in total. The lowest BCUT2D eigenvalue weighted by Crippen LogP contribution is -2.06. The van der Waals surface area contributed by atoms with E-state index in [1.807, 2.05) is 0 Å². The Balaban J connectivity index is 3.18. The standard InChI is InChI=1S/C16H32O4/c1-2-3-4-6-9-12-15(17)13-10-7-5-8-11-14-16(18)20-19/h15,17,19H,2-14H2,1H3. The molecule has 0 fully saturated rings. The molecular formula is C16H32O4. The van der Waals surface area contributed by atoms with Crippen LogP contribution >= 0.6 is 0 Å². The zero-order valence-corrected chi connectivity index (χ0v) is 13.0. The average molecular weight is 288 g/mol. The van der Waals surface area contributed by atoms with Gasteiger partial charge >= 0.3 is 5.97 Å². The Morgan fingerprint density at radius 2 is 1.40 bits per heavy atom. The first-order valence-corrected chi connectivity index (χ1v) is 8.23. The monoisotopic (exact) mass is 288 g/mol. The number of hydrogen-bond acceptors (Lipinski definition) is 4. The van der Waals surface area contributed by atoms with Crippen LogP contribution in [0.3, 0.4) is 0 Å². The van der Waals surface area contributed by atoms with Crippen LogP contribution in [0.2, 0.25) is 0 Å². The smallest absolute Gasteiger partial charge is 0.342 e. The highest BCUT2D eigenvalue weighted by Gasteiger charge is 2.04. The second kappa shape index (κ2) is 14.8. The fraction of sp³-hybridized carbons (Fsp3) is 0.938. The third-order valence-corrected chi connectivity index (χ3v) is 3.66. The number of rotatable bonds is 14. The van der Waals surface area contributed by atoms with Crippen LogP contribution in [0, 0.1) is 0 Å². The molecule has 0 amide bonds. The highest BCUT2D eigenvalue weighted by Crippen LogP contribution is 2.13. The molecule has 0 bridgehead atoms. The molecule has 0 aromatic heterocycles. The van der Waals surface area contributed by atoms with E-state index in [0.717, 1.165) is 51.4 Å². The van der Waals surface area contributed by atoms with Crippen LogP contribution in [0.5, 0.6) is 0 Å². The van der Waals surface area contributed by atoms with Gasteiger partial charge in [-0.25, -0.2) is 4.79 Å². The van der Waals surface area contributed by atoms with Gasteiger partial charge in [-0.3, -0.25) is 0 Å². The van der Waals surface area contributed by atoms with E-state index in [2.05, 4.69) is 11.8 Å². The van der Waals surface area contributed by atoms with Gasteiger partial charge in [0.1, 0.15) is 0 Å². The fourth-order valence-corrected chi connectivity index (χ4v) is 2.35. The van der Waals surface area contributed by atoms with Crippen LogP contribution < -0.4 is 0 Å². The van der Waals surface area contributed by atoms with E-state index in [0.29, 0.717) is 0 Å². The SMILES string of the molecule is CCCCCCCC(O)CCCCCCCC(=O)OO. The van der Waals surface area contributed by atoms with Crippen molar-refractivity contribution in [2.75, 3.05) is 0 Å². The second-order valence-corrected chi connectivity index (χ2v) is 5.63. The Bertz CT molecular complexity index is 219. The largest absolute Gasteiger partial charge is 0.393 e. The van der Waals surface area contributed by atoms with Gasteiger partial charge in [-0.15, -0.1) is 0 Å². The molecule has 0 radical (unpaired) electrons. The third kappa shape index (κ3) is 13.8. The third-order valence-electron chi connectivity index (χ3n) is 3.66. The van der Waals surface area contributed by atoms with Gasteiger partial charge < -0.3 is 9.99 Å². The minimum atomic E-state index is -0.552. The Labute approximate surface area is 123 Å². The summed E-state index contributed by atoms with van der Waals surface area (Å²) in [6.07, 6.45) is 13.2. The predicted octanol–water partition coefficient (Wildman–Crippen LogP) is 4.45. The minimum absolute atomic E-state index is 0.138. The summed E-state index contributed by atoms with van der Waals surface area (Å²) < 4.78 is 0. The van der Waals surface area contributed by atoms with E-state index in [-0.39, 0.29) is 12.5 Å². The fourth-order valence-electron chi connectivity index (χ4n) is 2.35. The molecule has 0 aliphatic rings. The molecule has 0 rings (SSSR count). The van der Waals surface area contributed by atoms with Crippen molar-refractivity contribution in [1.82, 2.24) is 0 Å². The molecule has 0 aromatic carbocycles. The number of carbonyl (C=O) groups excluding carboxylic acids is 1. The molecule has 0 aromatic rings. The lowest BCUT2D eigenvalue weighted by atomic mass is 10.0. The maximum atomic E-state index is 10.7. The summed E-state index contributed by atoms with van der Waals surface area (Å²) in [5.74, 6) is -0.552. The lowest BCUT2D eigenvalue weighted by Gasteiger charge is -2.10. The number of carbonyl (C=O) groups is 1. The number of aliphatic hydroxyl groups excluding tert-OH is 1. The molecule has 1 unspecified atom stereocenters. The van der Waals surface area contributed by atoms with Gasteiger partial charge in [-0.1, -0.05) is 64.7 Å². The van der Waals surface area contributed by atoms with Crippen LogP contribution in [-0.2, 0) is 9.68 Å². The van der Waals surface area contributed by atoms with Crippen molar-refractivity contribution < 1.29 is 20.0 Å². The first-order valence-electron chi connectivity index (χ1n) is 8.23.